The number of hydrogen-bond acceptors (Lipinski definition) is 4. The van der Waals surface area contributed by atoms with Gasteiger partial charge in [-0.2, -0.15) is 5.10 Å². The molecule has 3 unspecified atom stereocenters. The van der Waals surface area contributed by atoms with E-state index in [1.54, 1.807) is 6.33 Å². The van der Waals surface area contributed by atoms with E-state index in [-0.39, 0.29) is 36.8 Å². The van der Waals surface area contributed by atoms with Crippen LogP contribution >= 0.6 is 24.8 Å². The monoisotopic (exact) mass is 363 g/mol. The van der Waals surface area contributed by atoms with Gasteiger partial charge < -0.3 is 10.6 Å². The Balaban J connectivity index is 0.00000132. The number of aryl methyl sites for hydroxylation is 1. The molecule has 0 aliphatic carbocycles. The van der Waals surface area contributed by atoms with Gasteiger partial charge in [-0.3, -0.25) is 4.79 Å². The van der Waals surface area contributed by atoms with Crippen LogP contribution in [0.5, 0.6) is 0 Å². The van der Waals surface area contributed by atoms with Gasteiger partial charge in [0.2, 0.25) is 5.91 Å². The molecule has 1 fully saturated rings. The van der Waals surface area contributed by atoms with Crippen LogP contribution in [-0.2, 0) is 11.3 Å². The Morgan fingerprint density at radius 2 is 2.26 bits per heavy atom. The van der Waals surface area contributed by atoms with E-state index in [4.69, 9.17) is 0 Å². The standard InChI is InChI=1S/C15H25N5O.2ClH/c1-11(12-4-2-6-16-9-12)8-14(21)19-13-5-3-7-20-15(13)17-10-18-20;;/h10-13,16H,2-9H2,1H3,(H,19,21);2*1H. The SMILES string of the molecule is CC(CC(=O)NC1CCCn2ncnc21)C1CCCNC1.Cl.Cl. The number of hydrogen-bond donors (Lipinski definition) is 2. The van der Waals surface area contributed by atoms with Crippen LogP contribution in [0.1, 0.15) is 50.9 Å². The molecule has 3 rings (SSSR count). The average Bonchev–Trinajstić information content (AvgIpc) is 2.97. The molecule has 2 aliphatic heterocycles. The molecule has 0 aromatic carbocycles. The molecule has 1 amide bonds. The number of carbonyl (C=O) groups excluding carboxylic acids is 1. The number of carbonyl (C=O) groups is 1. The van der Waals surface area contributed by atoms with E-state index in [2.05, 4.69) is 27.6 Å². The first kappa shape index (κ1) is 20.2. The van der Waals surface area contributed by atoms with Crippen molar-refractivity contribution in [1.29, 1.82) is 0 Å². The largest absolute Gasteiger partial charge is 0.346 e. The average molecular weight is 364 g/mol. The van der Waals surface area contributed by atoms with Crippen LogP contribution in [0, 0.1) is 11.8 Å². The molecule has 2 aliphatic rings. The first-order valence-corrected chi connectivity index (χ1v) is 8.12. The lowest BCUT2D eigenvalue weighted by Gasteiger charge is -2.29. The summed E-state index contributed by atoms with van der Waals surface area (Å²) in [5.74, 6) is 2.11. The van der Waals surface area contributed by atoms with Crippen molar-refractivity contribution in [3.8, 4) is 0 Å². The Bertz CT molecular complexity index is 490. The van der Waals surface area contributed by atoms with E-state index in [9.17, 15) is 4.79 Å². The Hall–Kier alpha value is -0.850. The highest BCUT2D eigenvalue weighted by Crippen LogP contribution is 2.25. The Kier molecular flexibility index (Phi) is 8.29. The van der Waals surface area contributed by atoms with Gasteiger partial charge in [-0.05, 0) is 50.6 Å². The highest BCUT2D eigenvalue weighted by Gasteiger charge is 2.26. The molecule has 8 heteroatoms. The molecule has 0 bridgehead atoms. The van der Waals surface area contributed by atoms with Crippen LogP contribution in [0.4, 0.5) is 0 Å². The van der Waals surface area contributed by atoms with E-state index < -0.39 is 0 Å². The van der Waals surface area contributed by atoms with Crippen LogP contribution in [-0.4, -0.2) is 33.8 Å². The van der Waals surface area contributed by atoms with Gasteiger partial charge in [0.1, 0.15) is 12.2 Å². The number of fused-ring (bicyclic) bond motifs is 1. The lowest BCUT2D eigenvalue weighted by Crippen LogP contribution is -2.37. The summed E-state index contributed by atoms with van der Waals surface area (Å²) in [4.78, 5) is 16.6. The molecule has 2 N–H and O–H groups in total. The number of rotatable bonds is 4. The van der Waals surface area contributed by atoms with Crippen molar-refractivity contribution < 1.29 is 4.79 Å². The maximum absolute atomic E-state index is 12.3. The second-order valence-corrected chi connectivity index (χ2v) is 6.39. The maximum atomic E-state index is 12.3. The molecule has 132 valence electrons. The van der Waals surface area contributed by atoms with Crippen molar-refractivity contribution in [3.05, 3.63) is 12.2 Å². The van der Waals surface area contributed by atoms with Crippen LogP contribution < -0.4 is 10.6 Å². The third kappa shape index (κ3) is 5.06. The summed E-state index contributed by atoms with van der Waals surface area (Å²) < 4.78 is 1.91. The van der Waals surface area contributed by atoms with E-state index in [1.165, 1.54) is 12.8 Å². The van der Waals surface area contributed by atoms with Crippen LogP contribution in [0.2, 0.25) is 0 Å². The molecule has 1 aromatic rings. The predicted octanol–water partition coefficient (Wildman–Crippen LogP) is 2.10. The van der Waals surface area contributed by atoms with Crippen molar-refractivity contribution in [2.75, 3.05) is 13.1 Å². The van der Waals surface area contributed by atoms with Gasteiger partial charge in [-0.25, -0.2) is 9.67 Å². The molecule has 1 aromatic heterocycles. The second kappa shape index (κ2) is 9.45. The van der Waals surface area contributed by atoms with E-state index in [0.717, 1.165) is 38.3 Å². The van der Waals surface area contributed by atoms with Gasteiger partial charge in [-0.1, -0.05) is 6.92 Å². The Labute approximate surface area is 150 Å². The quantitative estimate of drug-likeness (QED) is 0.858. The van der Waals surface area contributed by atoms with Gasteiger partial charge in [-0.15, -0.1) is 24.8 Å². The fourth-order valence-corrected chi connectivity index (χ4v) is 3.50. The summed E-state index contributed by atoms with van der Waals surface area (Å²) in [5, 5.41) is 10.8. The summed E-state index contributed by atoms with van der Waals surface area (Å²) in [5.41, 5.74) is 0. The first-order chi connectivity index (χ1) is 10.2. The topological polar surface area (TPSA) is 71.8 Å². The van der Waals surface area contributed by atoms with Crippen molar-refractivity contribution in [3.63, 3.8) is 0 Å². The summed E-state index contributed by atoms with van der Waals surface area (Å²) in [6, 6.07) is 0.0328. The van der Waals surface area contributed by atoms with Crippen molar-refractivity contribution in [2.45, 2.75) is 51.6 Å². The summed E-state index contributed by atoms with van der Waals surface area (Å²) >= 11 is 0. The molecule has 23 heavy (non-hydrogen) atoms. The van der Waals surface area contributed by atoms with Gasteiger partial charge in [0.25, 0.3) is 0 Å². The lowest BCUT2D eigenvalue weighted by atomic mass is 9.85. The van der Waals surface area contributed by atoms with E-state index in [0.29, 0.717) is 18.3 Å². The Morgan fingerprint density at radius 3 is 3.00 bits per heavy atom. The number of aromatic nitrogens is 3. The maximum Gasteiger partial charge on any atom is 0.220 e. The molecule has 3 atom stereocenters. The fourth-order valence-electron chi connectivity index (χ4n) is 3.50. The van der Waals surface area contributed by atoms with Gasteiger partial charge >= 0.3 is 0 Å². The van der Waals surface area contributed by atoms with Gasteiger partial charge in [0.15, 0.2) is 0 Å². The normalized spacial score (nSPS) is 24.6. The molecule has 6 nitrogen and oxygen atoms in total. The summed E-state index contributed by atoms with van der Waals surface area (Å²) in [6.07, 6.45) is 6.65. The Morgan fingerprint density at radius 1 is 1.43 bits per heavy atom. The number of halogens is 2. The second-order valence-electron chi connectivity index (χ2n) is 6.39. The molecular formula is C15H27Cl2N5O. The van der Waals surface area contributed by atoms with Gasteiger partial charge in [0, 0.05) is 13.0 Å². The number of nitrogens with one attached hydrogen (secondary N) is 2. The van der Waals surface area contributed by atoms with Crippen molar-refractivity contribution in [2.24, 2.45) is 11.8 Å². The van der Waals surface area contributed by atoms with Crippen molar-refractivity contribution in [1.82, 2.24) is 25.4 Å². The molecule has 0 saturated carbocycles. The molecule has 0 spiro atoms. The van der Waals surface area contributed by atoms with Crippen LogP contribution in [0.15, 0.2) is 6.33 Å². The number of piperidine rings is 1. The third-order valence-corrected chi connectivity index (χ3v) is 4.80. The lowest BCUT2D eigenvalue weighted by molar-refractivity contribution is -0.123. The summed E-state index contributed by atoms with van der Waals surface area (Å²) in [6.45, 7) is 5.27. The zero-order valence-corrected chi connectivity index (χ0v) is 15.2. The first-order valence-electron chi connectivity index (χ1n) is 8.12. The summed E-state index contributed by atoms with van der Waals surface area (Å²) in [7, 11) is 0. The minimum absolute atomic E-state index is 0. The molecule has 3 heterocycles. The minimum atomic E-state index is 0. The smallest absolute Gasteiger partial charge is 0.220 e. The fraction of sp³-hybridized carbons (Fsp3) is 0.800. The molecule has 1 saturated heterocycles. The predicted molar refractivity (Wildman–Crippen MR) is 94.0 cm³/mol. The number of nitrogens with zero attached hydrogens (tertiary/aromatic N) is 3. The van der Waals surface area contributed by atoms with Gasteiger partial charge in [0.05, 0.1) is 6.04 Å². The zero-order valence-electron chi connectivity index (χ0n) is 13.5. The van der Waals surface area contributed by atoms with E-state index >= 15 is 0 Å². The van der Waals surface area contributed by atoms with Crippen molar-refractivity contribution >= 4 is 30.7 Å². The highest BCUT2D eigenvalue weighted by atomic mass is 35.5. The molecular weight excluding hydrogens is 337 g/mol. The molecule has 0 radical (unpaired) electrons. The zero-order chi connectivity index (χ0) is 14.7. The van der Waals surface area contributed by atoms with E-state index in [1.807, 2.05) is 4.68 Å². The third-order valence-electron chi connectivity index (χ3n) is 4.80. The van der Waals surface area contributed by atoms with Crippen LogP contribution in [0.3, 0.4) is 0 Å². The highest BCUT2D eigenvalue weighted by molar-refractivity contribution is 5.85. The minimum Gasteiger partial charge on any atom is -0.346 e. The number of amides is 1. The van der Waals surface area contributed by atoms with Crippen LogP contribution in [0.25, 0.3) is 0 Å².